The molecule has 4 heteroatoms. The van der Waals surface area contributed by atoms with Gasteiger partial charge in [0.2, 0.25) is 0 Å². The van der Waals surface area contributed by atoms with Crippen LogP contribution in [0.2, 0.25) is 0 Å². The van der Waals surface area contributed by atoms with Crippen LogP contribution in [-0.4, -0.2) is 30.1 Å². The summed E-state index contributed by atoms with van der Waals surface area (Å²) in [6.45, 7) is 5.88. The molecule has 98 valence electrons. The van der Waals surface area contributed by atoms with E-state index in [1.807, 2.05) is 6.07 Å². The van der Waals surface area contributed by atoms with Crippen molar-refractivity contribution >= 4 is 11.6 Å². The van der Waals surface area contributed by atoms with E-state index in [1.165, 1.54) is 0 Å². The van der Waals surface area contributed by atoms with Crippen LogP contribution in [0.15, 0.2) is 18.2 Å². The topological polar surface area (TPSA) is 52.6 Å². The van der Waals surface area contributed by atoms with Crippen LogP contribution in [0.5, 0.6) is 5.75 Å². The van der Waals surface area contributed by atoms with Gasteiger partial charge in [-0.15, -0.1) is 0 Å². The minimum absolute atomic E-state index is 0.0533. The quantitative estimate of drug-likeness (QED) is 0.839. The number of nitrogens with zero attached hydrogens (tertiary/aromatic N) is 1. The van der Waals surface area contributed by atoms with E-state index >= 15 is 0 Å². The maximum absolute atomic E-state index is 11.9. The Morgan fingerprint density at radius 3 is 2.56 bits per heavy atom. The molecule has 0 aromatic heterocycles. The Hall–Kier alpha value is -1.71. The number of rotatable bonds is 5. The number of hydrogen-bond acceptors (Lipinski definition) is 3. The van der Waals surface area contributed by atoms with E-state index in [0.717, 1.165) is 31.6 Å². The average Bonchev–Trinajstić information content (AvgIpc) is 3.14. The fourth-order valence-corrected chi connectivity index (χ4v) is 1.99. The monoisotopic (exact) mass is 248 g/mol. The van der Waals surface area contributed by atoms with Crippen LogP contribution in [0.1, 0.15) is 37.0 Å². The smallest absolute Gasteiger partial charge is 0.255 e. The molecule has 0 atom stereocenters. The van der Waals surface area contributed by atoms with Crippen LogP contribution in [-0.2, 0) is 0 Å². The number of anilines is 1. The zero-order valence-electron chi connectivity index (χ0n) is 10.9. The minimum atomic E-state index is -0.180. The lowest BCUT2D eigenvalue weighted by Gasteiger charge is -2.21. The van der Waals surface area contributed by atoms with Crippen LogP contribution in [0.4, 0.5) is 5.69 Å². The van der Waals surface area contributed by atoms with Crippen molar-refractivity contribution in [1.82, 2.24) is 5.32 Å². The third kappa shape index (κ3) is 2.75. The number of carbonyl (C=O) groups is 1. The highest BCUT2D eigenvalue weighted by molar-refractivity contribution is 5.97. The van der Waals surface area contributed by atoms with E-state index in [9.17, 15) is 9.90 Å². The average molecular weight is 248 g/mol. The molecule has 1 aliphatic carbocycles. The molecule has 1 aromatic carbocycles. The molecule has 1 saturated carbocycles. The van der Waals surface area contributed by atoms with Crippen LogP contribution in [0, 0.1) is 0 Å². The van der Waals surface area contributed by atoms with Crippen LogP contribution in [0.25, 0.3) is 0 Å². The summed E-state index contributed by atoms with van der Waals surface area (Å²) in [4.78, 5) is 14.0. The van der Waals surface area contributed by atoms with Crippen molar-refractivity contribution in [3.63, 3.8) is 0 Å². The first-order chi connectivity index (χ1) is 8.65. The highest BCUT2D eigenvalue weighted by Crippen LogP contribution is 2.26. The third-order valence-corrected chi connectivity index (χ3v) is 3.27. The fourth-order valence-electron chi connectivity index (χ4n) is 1.99. The highest BCUT2D eigenvalue weighted by atomic mass is 16.3. The van der Waals surface area contributed by atoms with E-state index in [4.69, 9.17) is 0 Å². The molecule has 4 nitrogen and oxygen atoms in total. The van der Waals surface area contributed by atoms with Crippen molar-refractivity contribution in [3.05, 3.63) is 23.8 Å². The number of phenolic OH excluding ortho intramolecular Hbond substituents is 1. The molecule has 1 aliphatic rings. The molecule has 0 unspecified atom stereocenters. The lowest BCUT2D eigenvalue weighted by atomic mass is 10.1. The molecule has 0 saturated heterocycles. The lowest BCUT2D eigenvalue weighted by Crippen LogP contribution is -2.26. The SMILES string of the molecule is CCN(CC)c1ccc(C(=O)NC2CC2)c(O)c1. The predicted molar refractivity (Wildman–Crippen MR) is 72.2 cm³/mol. The van der Waals surface area contributed by atoms with Crippen molar-refractivity contribution in [1.29, 1.82) is 0 Å². The second kappa shape index (κ2) is 5.29. The molecular formula is C14H20N2O2. The van der Waals surface area contributed by atoms with Crippen molar-refractivity contribution in [2.75, 3.05) is 18.0 Å². The molecule has 1 amide bonds. The molecule has 2 N–H and O–H groups in total. The van der Waals surface area contributed by atoms with Crippen LogP contribution < -0.4 is 10.2 Å². The van der Waals surface area contributed by atoms with Gasteiger partial charge in [0, 0.05) is 30.9 Å². The largest absolute Gasteiger partial charge is 0.507 e. The summed E-state index contributed by atoms with van der Waals surface area (Å²) >= 11 is 0. The van der Waals surface area contributed by atoms with Gasteiger partial charge in [-0.05, 0) is 38.8 Å². The molecule has 0 bridgehead atoms. The van der Waals surface area contributed by atoms with Gasteiger partial charge in [-0.3, -0.25) is 4.79 Å². The summed E-state index contributed by atoms with van der Waals surface area (Å²) in [5, 5.41) is 12.8. The highest BCUT2D eigenvalue weighted by Gasteiger charge is 2.25. The third-order valence-electron chi connectivity index (χ3n) is 3.27. The molecule has 1 fully saturated rings. The van der Waals surface area contributed by atoms with Crippen molar-refractivity contribution in [3.8, 4) is 5.75 Å². The fraction of sp³-hybridized carbons (Fsp3) is 0.500. The van der Waals surface area contributed by atoms with Gasteiger partial charge in [0.25, 0.3) is 5.91 Å². The Labute approximate surface area is 108 Å². The van der Waals surface area contributed by atoms with E-state index in [2.05, 4.69) is 24.1 Å². The lowest BCUT2D eigenvalue weighted by molar-refractivity contribution is 0.0948. The Morgan fingerprint density at radius 2 is 2.06 bits per heavy atom. The molecule has 0 aliphatic heterocycles. The van der Waals surface area contributed by atoms with Gasteiger partial charge in [0.15, 0.2) is 0 Å². The number of hydrogen-bond donors (Lipinski definition) is 2. The summed E-state index contributed by atoms with van der Waals surface area (Å²) in [5.74, 6) is -0.126. The number of aromatic hydroxyl groups is 1. The maximum Gasteiger partial charge on any atom is 0.255 e. The first-order valence-electron chi connectivity index (χ1n) is 6.54. The number of benzene rings is 1. The van der Waals surface area contributed by atoms with Gasteiger partial charge >= 0.3 is 0 Å². The zero-order valence-corrected chi connectivity index (χ0v) is 10.9. The summed E-state index contributed by atoms with van der Waals surface area (Å²) < 4.78 is 0. The first kappa shape index (κ1) is 12.7. The van der Waals surface area contributed by atoms with Gasteiger partial charge in [-0.2, -0.15) is 0 Å². The van der Waals surface area contributed by atoms with Crippen LogP contribution in [0.3, 0.4) is 0 Å². The maximum atomic E-state index is 11.9. The minimum Gasteiger partial charge on any atom is -0.507 e. The Kier molecular flexibility index (Phi) is 3.75. The summed E-state index contributed by atoms with van der Waals surface area (Å²) in [5.41, 5.74) is 1.30. The number of phenols is 1. The van der Waals surface area contributed by atoms with Crippen molar-refractivity contribution in [2.24, 2.45) is 0 Å². The Bertz CT molecular complexity index is 437. The second-order valence-corrected chi connectivity index (χ2v) is 4.62. The Balaban J connectivity index is 2.15. The molecule has 2 rings (SSSR count). The predicted octanol–water partition coefficient (Wildman–Crippen LogP) is 2.13. The number of nitrogens with one attached hydrogen (secondary N) is 1. The van der Waals surface area contributed by atoms with Crippen molar-refractivity contribution < 1.29 is 9.90 Å². The van der Waals surface area contributed by atoms with E-state index < -0.39 is 0 Å². The number of amides is 1. The van der Waals surface area contributed by atoms with Gasteiger partial charge in [-0.25, -0.2) is 0 Å². The molecule has 18 heavy (non-hydrogen) atoms. The number of carbonyl (C=O) groups excluding carboxylic acids is 1. The van der Waals surface area contributed by atoms with E-state index in [-0.39, 0.29) is 11.7 Å². The van der Waals surface area contributed by atoms with E-state index in [1.54, 1.807) is 12.1 Å². The van der Waals surface area contributed by atoms with Gasteiger partial charge in [-0.1, -0.05) is 0 Å². The van der Waals surface area contributed by atoms with Crippen molar-refractivity contribution in [2.45, 2.75) is 32.7 Å². The van der Waals surface area contributed by atoms with Gasteiger partial charge < -0.3 is 15.3 Å². The molecule has 0 radical (unpaired) electrons. The Morgan fingerprint density at radius 1 is 1.39 bits per heavy atom. The van der Waals surface area contributed by atoms with E-state index in [0.29, 0.717) is 11.6 Å². The summed E-state index contributed by atoms with van der Waals surface area (Å²) in [6, 6.07) is 5.55. The standard InChI is InChI=1S/C14H20N2O2/c1-3-16(4-2)11-7-8-12(13(17)9-11)14(18)15-10-5-6-10/h7-10,17H,3-6H2,1-2H3,(H,15,18). The summed E-state index contributed by atoms with van der Waals surface area (Å²) in [7, 11) is 0. The molecule has 0 spiro atoms. The second-order valence-electron chi connectivity index (χ2n) is 4.62. The van der Waals surface area contributed by atoms with Crippen LogP contribution >= 0.6 is 0 Å². The first-order valence-corrected chi connectivity index (χ1v) is 6.54. The summed E-state index contributed by atoms with van der Waals surface area (Å²) in [6.07, 6.45) is 2.09. The molecular weight excluding hydrogens is 228 g/mol. The van der Waals surface area contributed by atoms with Gasteiger partial charge in [0.1, 0.15) is 5.75 Å². The molecule has 1 aromatic rings. The molecule has 0 heterocycles. The zero-order chi connectivity index (χ0) is 13.1. The van der Waals surface area contributed by atoms with Gasteiger partial charge in [0.05, 0.1) is 5.56 Å². The normalized spacial score (nSPS) is 14.3.